The van der Waals surface area contributed by atoms with Gasteiger partial charge in [-0.2, -0.15) is 0 Å². The highest BCUT2D eigenvalue weighted by Crippen LogP contribution is 2.26. The first-order valence-corrected chi connectivity index (χ1v) is 10.9. The van der Waals surface area contributed by atoms with Gasteiger partial charge in [-0.05, 0) is 35.2 Å². The zero-order chi connectivity index (χ0) is 20.9. The number of nitrogens with one attached hydrogen (secondary N) is 1. The summed E-state index contributed by atoms with van der Waals surface area (Å²) >= 11 is 1.57. The maximum atomic E-state index is 12.6. The molecule has 1 aliphatic rings. The van der Waals surface area contributed by atoms with Gasteiger partial charge in [-0.1, -0.05) is 51.1 Å². The number of piperazine rings is 1. The number of carbonyl (C=O) groups excluding carboxylic acids is 2. The molecule has 0 spiro atoms. The average molecular weight is 412 g/mol. The van der Waals surface area contributed by atoms with E-state index in [2.05, 4.69) is 50.4 Å². The minimum Gasteiger partial charge on any atom is -0.338 e. The highest BCUT2D eigenvalue weighted by molar-refractivity contribution is 8.00. The Kier molecular flexibility index (Phi) is 6.85. The van der Waals surface area contributed by atoms with E-state index in [0.29, 0.717) is 31.9 Å². The summed E-state index contributed by atoms with van der Waals surface area (Å²) in [6.07, 6.45) is 0. The van der Waals surface area contributed by atoms with Crippen LogP contribution in [0.15, 0.2) is 59.5 Å². The van der Waals surface area contributed by atoms with Crippen LogP contribution >= 0.6 is 11.8 Å². The average Bonchev–Trinajstić information content (AvgIpc) is 2.72. The van der Waals surface area contributed by atoms with Gasteiger partial charge < -0.3 is 15.1 Å². The summed E-state index contributed by atoms with van der Waals surface area (Å²) in [6, 6.07) is 17.8. The van der Waals surface area contributed by atoms with Gasteiger partial charge in [0.05, 0.1) is 5.75 Å². The Bertz CT molecular complexity index is 823. The van der Waals surface area contributed by atoms with Gasteiger partial charge in [0.15, 0.2) is 0 Å². The van der Waals surface area contributed by atoms with Crippen LogP contribution in [0.25, 0.3) is 0 Å². The van der Waals surface area contributed by atoms with Crippen molar-refractivity contribution in [2.24, 2.45) is 0 Å². The molecule has 3 rings (SSSR count). The Morgan fingerprint density at radius 3 is 2.07 bits per heavy atom. The number of hydrogen-bond donors (Lipinski definition) is 1. The van der Waals surface area contributed by atoms with Crippen molar-refractivity contribution >= 4 is 29.4 Å². The van der Waals surface area contributed by atoms with Gasteiger partial charge in [-0.15, -0.1) is 11.8 Å². The number of carbonyl (C=O) groups is 2. The van der Waals surface area contributed by atoms with E-state index in [0.717, 1.165) is 10.6 Å². The first kappa shape index (κ1) is 21.2. The van der Waals surface area contributed by atoms with Gasteiger partial charge in [0, 0.05) is 36.8 Å². The molecule has 0 atom stereocenters. The lowest BCUT2D eigenvalue weighted by atomic mass is 9.87. The molecule has 2 aromatic rings. The van der Waals surface area contributed by atoms with Crippen molar-refractivity contribution < 1.29 is 9.59 Å². The predicted octanol–water partition coefficient (Wildman–Crippen LogP) is 4.45. The van der Waals surface area contributed by atoms with Crippen LogP contribution in [-0.2, 0) is 10.2 Å². The lowest BCUT2D eigenvalue weighted by Crippen LogP contribution is -2.52. The minimum absolute atomic E-state index is 0.114. The summed E-state index contributed by atoms with van der Waals surface area (Å²) in [7, 11) is 0. The van der Waals surface area contributed by atoms with Crippen LogP contribution in [0.4, 0.5) is 10.5 Å². The van der Waals surface area contributed by atoms with Crippen LogP contribution in [0.1, 0.15) is 26.3 Å². The number of amides is 3. The highest BCUT2D eigenvalue weighted by Gasteiger charge is 2.24. The summed E-state index contributed by atoms with van der Waals surface area (Å²) < 4.78 is 0. The van der Waals surface area contributed by atoms with Gasteiger partial charge >= 0.3 is 6.03 Å². The number of rotatable bonds is 4. The number of para-hydroxylation sites is 1. The molecule has 154 valence electrons. The zero-order valence-corrected chi connectivity index (χ0v) is 18.2. The van der Waals surface area contributed by atoms with E-state index in [1.807, 2.05) is 35.2 Å². The molecule has 3 amide bonds. The third-order valence-corrected chi connectivity index (χ3v) is 6.02. The maximum Gasteiger partial charge on any atom is 0.321 e. The molecule has 29 heavy (non-hydrogen) atoms. The first-order chi connectivity index (χ1) is 13.8. The van der Waals surface area contributed by atoms with E-state index >= 15 is 0 Å². The quantitative estimate of drug-likeness (QED) is 0.756. The van der Waals surface area contributed by atoms with E-state index < -0.39 is 0 Å². The molecule has 0 aliphatic carbocycles. The monoisotopic (exact) mass is 411 g/mol. The number of nitrogens with zero attached hydrogens (tertiary/aromatic N) is 2. The van der Waals surface area contributed by atoms with Crippen LogP contribution < -0.4 is 5.32 Å². The molecule has 1 saturated heterocycles. The normalized spacial score (nSPS) is 14.6. The second kappa shape index (κ2) is 9.35. The van der Waals surface area contributed by atoms with E-state index in [4.69, 9.17) is 0 Å². The summed E-state index contributed by atoms with van der Waals surface area (Å²) in [5.74, 6) is 0.545. The smallest absolute Gasteiger partial charge is 0.321 e. The predicted molar refractivity (Wildman–Crippen MR) is 119 cm³/mol. The lowest BCUT2D eigenvalue weighted by molar-refractivity contribution is -0.129. The fraction of sp³-hybridized carbons (Fsp3) is 0.391. The number of hydrogen-bond acceptors (Lipinski definition) is 3. The van der Waals surface area contributed by atoms with Crippen molar-refractivity contribution in [3.8, 4) is 0 Å². The van der Waals surface area contributed by atoms with Gasteiger partial charge in [0.1, 0.15) is 0 Å². The van der Waals surface area contributed by atoms with Gasteiger partial charge in [-0.3, -0.25) is 4.79 Å². The molecule has 1 N–H and O–H groups in total. The number of anilines is 1. The van der Waals surface area contributed by atoms with Crippen LogP contribution in [0.3, 0.4) is 0 Å². The summed E-state index contributed by atoms with van der Waals surface area (Å²) in [6.45, 7) is 8.83. The Morgan fingerprint density at radius 1 is 0.897 bits per heavy atom. The molecule has 1 fully saturated rings. The Morgan fingerprint density at radius 2 is 1.48 bits per heavy atom. The lowest BCUT2D eigenvalue weighted by Gasteiger charge is -2.34. The molecule has 0 bridgehead atoms. The van der Waals surface area contributed by atoms with E-state index in [1.165, 1.54) is 5.56 Å². The second-order valence-electron chi connectivity index (χ2n) is 8.23. The van der Waals surface area contributed by atoms with Crippen molar-refractivity contribution in [3.05, 3.63) is 60.2 Å². The zero-order valence-electron chi connectivity index (χ0n) is 17.4. The molecule has 0 radical (unpaired) electrons. The van der Waals surface area contributed by atoms with Crippen molar-refractivity contribution in [3.63, 3.8) is 0 Å². The van der Waals surface area contributed by atoms with Crippen LogP contribution in [0.5, 0.6) is 0 Å². The molecular weight excluding hydrogens is 382 g/mol. The molecule has 0 aromatic heterocycles. The summed E-state index contributed by atoms with van der Waals surface area (Å²) in [5.41, 5.74) is 2.20. The fourth-order valence-electron chi connectivity index (χ4n) is 3.17. The van der Waals surface area contributed by atoms with Gasteiger partial charge in [0.2, 0.25) is 5.91 Å². The van der Waals surface area contributed by atoms with E-state index in [1.54, 1.807) is 16.7 Å². The molecular formula is C23H29N3O2S. The van der Waals surface area contributed by atoms with Crippen molar-refractivity contribution in [2.45, 2.75) is 31.1 Å². The minimum atomic E-state index is -0.114. The molecule has 5 nitrogen and oxygen atoms in total. The van der Waals surface area contributed by atoms with Crippen LogP contribution in [0.2, 0.25) is 0 Å². The second-order valence-corrected chi connectivity index (χ2v) is 9.28. The number of thioether (sulfide) groups is 1. The SMILES string of the molecule is CC(C)(C)c1ccc(SCC(=O)N2CCN(C(=O)Nc3ccccc3)CC2)cc1. The van der Waals surface area contributed by atoms with E-state index in [9.17, 15) is 9.59 Å². The van der Waals surface area contributed by atoms with Crippen molar-refractivity contribution in [1.82, 2.24) is 9.80 Å². The third kappa shape index (κ3) is 6.00. The standard InChI is InChI=1S/C23H29N3O2S/c1-23(2,3)18-9-11-20(12-10-18)29-17-21(27)25-13-15-26(16-14-25)22(28)24-19-7-5-4-6-8-19/h4-12H,13-17H2,1-3H3,(H,24,28). The molecule has 0 saturated carbocycles. The molecule has 6 heteroatoms. The first-order valence-electron chi connectivity index (χ1n) is 9.95. The Labute approximate surface area is 177 Å². The molecule has 1 heterocycles. The van der Waals surface area contributed by atoms with Gasteiger partial charge in [0.25, 0.3) is 0 Å². The summed E-state index contributed by atoms with van der Waals surface area (Å²) in [5, 5.41) is 2.90. The van der Waals surface area contributed by atoms with Crippen molar-refractivity contribution in [2.75, 3.05) is 37.2 Å². The van der Waals surface area contributed by atoms with E-state index in [-0.39, 0.29) is 17.4 Å². The van der Waals surface area contributed by atoms with Crippen molar-refractivity contribution in [1.29, 1.82) is 0 Å². The highest BCUT2D eigenvalue weighted by atomic mass is 32.2. The molecule has 2 aromatic carbocycles. The molecule has 1 aliphatic heterocycles. The fourth-order valence-corrected chi connectivity index (χ4v) is 3.97. The van der Waals surface area contributed by atoms with Crippen LogP contribution in [0, 0.1) is 0 Å². The molecule has 0 unspecified atom stereocenters. The number of urea groups is 1. The Balaban J connectivity index is 1.43. The number of benzene rings is 2. The van der Waals surface area contributed by atoms with Gasteiger partial charge in [-0.25, -0.2) is 4.79 Å². The third-order valence-electron chi connectivity index (χ3n) is 5.03. The van der Waals surface area contributed by atoms with Crippen LogP contribution in [-0.4, -0.2) is 53.7 Å². The Hall–Kier alpha value is -2.47. The maximum absolute atomic E-state index is 12.6. The topological polar surface area (TPSA) is 52.7 Å². The summed E-state index contributed by atoms with van der Waals surface area (Å²) in [4.78, 5) is 29.6. The largest absolute Gasteiger partial charge is 0.338 e.